The number of imidazole rings is 1. The van der Waals surface area contributed by atoms with Crippen LogP contribution in [-0.4, -0.2) is 15.0 Å². The van der Waals surface area contributed by atoms with Gasteiger partial charge in [-0.05, 0) is 18.6 Å². The maximum atomic E-state index is 12.9. The molecule has 0 aromatic carbocycles. The van der Waals surface area contributed by atoms with Gasteiger partial charge in [-0.25, -0.2) is 9.97 Å². The normalized spacial score (nSPS) is 12.3. The fourth-order valence-electron chi connectivity index (χ4n) is 1.24. The lowest BCUT2D eigenvalue weighted by Gasteiger charge is -2.03. The Kier molecular flexibility index (Phi) is 1.77. The quantitative estimate of drug-likeness (QED) is 0.762. The van der Waals surface area contributed by atoms with Gasteiger partial charge in [-0.15, -0.1) is 0 Å². The number of hydrogen-bond donors (Lipinski definition) is 1. The van der Waals surface area contributed by atoms with Crippen LogP contribution in [0.1, 0.15) is 18.3 Å². The minimum absolute atomic E-state index is 0.335. The number of hydrogen-bond acceptors (Lipinski definition) is 2. The van der Waals surface area contributed by atoms with E-state index in [0.717, 1.165) is 12.5 Å². The Bertz CT molecular complexity index is 470. The van der Waals surface area contributed by atoms with Gasteiger partial charge >= 0.3 is 5.92 Å². The molecule has 0 unspecified atom stereocenters. The molecule has 0 aliphatic rings. The van der Waals surface area contributed by atoms with Crippen molar-refractivity contribution < 1.29 is 8.78 Å². The Morgan fingerprint density at radius 1 is 1.43 bits per heavy atom. The van der Waals surface area contributed by atoms with Crippen LogP contribution in [0.5, 0.6) is 0 Å². The average Bonchev–Trinajstić information content (AvgIpc) is 2.48. The molecule has 0 saturated carbocycles. The van der Waals surface area contributed by atoms with E-state index in [1.54, 1.807) is 12.3 Å². The fourth-order valence-corrected chi connectivity index (χ4v) is 1.24. The van der Waals surface area contributed by atoms with Gasteiger partial charge in [0, 0.05) is 13.1 Å². The van der Waals surface area contributed by atoms with Crippen LogP contribution < -0.4 is 0 Å². The van der Waals surface area contributed by atoms with E-state index in [2.05, 4.69) is 15.0 Å². The summed E-state index contributed by atoms with van der Waals surface area (Å²) >= 11 is 0. The molecule has 2 heterocycles. The largest absolute Gasteiger partial charge is 0.335 e. The molecule has 0 bridgehead atoms. The highest BCUT2D eigenvalue weighted by Crippen LogP contribution is 2.26. The molecule has 2 rings (SSSR count). The molecule has 0 aliphatic carbocycles. The van der Waals surface area contributed by atoms with E-state index < -0.39 is 5.92 Å². The van der Waals surface area contributed by atoms with Gasteiger partial charge in [0.15, 0.2) is 11.5 Å². The number of alkyl halides is 2. The molecule has 0 radical (unpaired) electrons. The maximum absolute atomic E-state index is 12.9. The Morgan fingerprint density at radius 2 is 2.14 bits per heavy atom. The number of aryl methyl sites for hydroxylation is 1. The molecule has 0 aliphatic heterocycles. The Hall–Kier alpha value is -1.52. The molecule has 74 valence electrons. The molecular formula is C9H9F2N3. The molecule has 0 spiro atoms. The van der Waals surface area contributed by atoms with Crippen LogP contribution >= 0.6 is 0 Å². The van der Waals surface area contributed by atoms with Gasteiger partial charge < -0.3 is 4.98 Å². The van der Waals surface area contributed by atoms with Crippen molar-refractivity contribution in [2.45, 2.75) is 19.8 Å². The summed E-state index contributed by atoms with van der Waals surface area (Å²) in [6.07, 6.45) is 1.55. The van der Waals surface area contributed by atoms with E-state index in [9.17, 15) is 8.78 Å². The summed E-state index contributed by atoms with van der Waals surface area (Å²) in [5.41, 5.74) is 1.77. The number of rotatable bonds is 1. The van der Waals surface area contributed by atoms with Crippen LogP contribution in [0.25, 0.3) is 11.2 Å². The summed E-state index contributed by atoms with van der Waals surface area (Å²) in [6, 6.07) is 1.75. The summed E-state index contributed by atoms with van der Waals surface area (Å²) in [4.78, 5) is 10.2. The lowest BCUT2D eigenvalue weighted by Crippen LogP contribution is -2.08. The highest BCUT2D eigenvalue weighted by Gasteiger charge is 2.28. The summed E-state index contributed by atoms with van der Waals surface area (Å²) in [6.45, 7) is 2.62. The van der Waals surface area contributed by atoms with Crippen molar-refractivity contribution >= 4 is 11.2 Å². The molecular weight excluding hydrogens is 188 g/mol. The molecule has 0 fully saturated rings. The Morgan fingerprint density at radius 3 is 2.71 bits per heavy atom. The van der Waals surface area contributed by atoms with Crippen molar-refractivity contribution in [3.05, 3.63) is 23.7 Å². The van der Waals surface area contributed by atoms with E-state index in [1.165, 1.54) is 0 Å². The number of aromatic amines is 1. The van der Waals surface area contributed by atoms with Gasteiger partial charge in [-0.3, -0.25) is 0 Å². The third-order valence-corrected chi connectivity index (χ3v) is 2.02. The number of nitrogens with one attached hydrogen (secondary N) is 1. The lowest BCUT2D eigenvalue weighted by molar-refractivity contribution is 0.00888. The number of H-pyrrole nitrogens is 1. The molecule has 5 heteroatoms. The predicted octanol–water partition coefficient (Wildman–Crippen LogP) is 2.38. The highest BCUT2D eigenvalue weighted by atomic mass is 19.3. The number of aromatic nitrogens is 3. The number of pyridine rings is 1. The van der Waals surface area contributed by atoms with Gasteiger partial charge in [-0.1, -0.05) is 0 Å². The van der Waals surface area contributed by atoms with Crippen LogP contribution in [0.2, 0.25) is 0 Å². The van der Waals surface area contributed by atoms with E-state index in [-0.39, 0.29) is 5.82 Å². The summed E-state index contributed by atoms with van der Waals surface area (Å²) in [7, 11) is 0. The van der Waals surface area contributed by atoms with Crippen molar-refractivity contribution in [2.24, 2.45) is 0 Å². The van der Waals surface area contributed by atoms with Crippen LogP contribution in [0.15, 0.2) is 12.3 Å². The molecule has 0 amide bonds. The summed E-state index contributed by atoms with van der Waals surface area (Å²) in [5.74, 6) is -3.29. The monoisotopic (exact) mass is 197 g/mol. The second-order valence-corrected chi connectivity index (χ2v) is 3.30. The first kappa shape index (κ1) is 9.05. The second-order valence-electron chi connectivity index (χ2n) is 3.30. The van der Waals surface area contributed by atoms with Crippen molar-refractivity contribution in [2.75, 3.05) is 0 Å². The zero-order valence-electron chi connectivity index (χ0n) is 7.81. The summed E-state index contributed by atoms with van der Waals surface area (Å²) < 4.78 is 25.8. The van der Waals surface area contributed by atoms with Gasteiger partial charge in [0.25, 0.3) is 0 Å². The smallest absolute Gasteiger partial charge is 0.302 e. The van der Waals surface area contributed by atoms with Crippen molar-refractivity contribution in [3.8, 4) is 0 Å². The van der Waals surface area contributed by atoms with Crippen molar-refractivity contribution in [1.82, 2.24) is 15.0 Å². The fraction of sp³-hybridized carbons (Fsp3) is 0.333. The number of nitrogens with zero attached hydrogens (tertiary/aromatic N) is 2. The highest BCUT2D eigenvalue weighted by molar-refractivity contribution is 5.74. The average molecular weight is 197 g/mol. The van der Waals surface area contributed by atoms with Crippen molar-refractivity contribution in [3.63, 3.8) is 0 Å². The second kappa shape index (κ2) is 2.73. The maximum Gasteiger partial charge on any atom is 0.302 e. The predicted molar refractivity (Wildman–Crippen MR) is 48.2 cm³/mol. The minimum Gasteiger partial charge on any atom is -0.335 e. The third kappa shape index (κ3) is 1.34. The van der Waals surface area contributed by atoms with E-state index in [0.29, 0.717) is 11.2 Å². The SMILES string of the molecule is Cc1ccnc2nc(C(C)(F)F)[nH]c12. The van der Waals surface area contributed by atoms with Crippen LogP contribution in [0.3, 0.4) is 0 Å². The van der Waals surface area contributed by atoms with E-state index in [1.807, 2.05) is 6.92 Å². The Balaban J connectivity index is 2.69. The lowest BCUT2D eigenvalue weighted by atomic mass is 10.3. The topological polar surface area (TPSA) is 41.6 Å². The van der Waals surface area contributed by atoms with E-state index >= 15 is 0 Å². The zero-order valence-corrected chi connectivity index (χ0v) is 7.81. The van der Waals surface area contributed by atoms with Crippen LogP contribution in [0.4, 0.5) is 8.78 Å². The Labute approximate surface area is 79.2 Å². The third-order valence-electron chi connectivity index (χ3n) is 2.02. The zero-order chi connectivity index (χ0) is 10.3. The van der Waals surface area contributed by atoms with E-state index in [4.69, 9.17) is 0 Å². The standard InChI is InChI=1S/C9H9F2N3/c1-5-3-4-12-7-6(5)13-8(14-7)9(2,10)11/h3-4H,1-2H3,(H,12,13,14). The first-order valence-corrected chi connectivity index (χ1v) is 4.18. The molecule has 0 saturated heterocycles. The van der Waals surface area contributed by atoms with Gasteiger partial charge in [0.1, 0.15) is 0 Å². The molecule has 2 aromatic heterocycles. The first-order valence-electron chi connectivity index (χ1n) is 4.18. The number of fused-ring (bicyclic) bond motifs is 1. The van der Waals surface area contributed by atoms with Gasteiger partial charge in [0.05, 0.1) is 5.52 Å². The van der Waals surface area contributed by atoms with Crippen LogP contribution in [0, 0.1) is 6.92 Å². The summed E-state index contributed by atoms with van der Waals surface area (Å²) in [5, 5.41) is 0. The van der Waals surface area contributed by atoms with Crippen molar-refractivity contribution in [1.29, 1.82) is 0 Å². The van der Waals surface area contributed by atoms with Gasteiger partial charge in [-0.2, -0.15) is 8.78 Å². The van der Waals surface area contributed by atoms with Crippen LogP contribution in [-0.2, 0) is 5.92 Å². The first-order chi connectivity index (χ1) is 6.48. The molecule has 2 aromatic rings. The molecule has 14 heavy (non-hydrogen) atoms. The molecule has 1 N–H and O–H groups in total. The van der Waals surface area contributed by atoms with Gasteiger partial charge in [0.2, 0.25) is 0 Å². The minimum atomic E-state index is -2.95. The molecule has 0 atom stereocenters. The molecule has 3 nitrogen and oxygen atoms in total. The number of halogens is 2.